The van der Waals surface area contributed by atoms with Crippen molar-refractivity contribution < 1.29 is 23.9 Å². The van der Waals surface area contributed by atoms with E-state index in [2.05, 4.69) is 15.3 Å². The topological polar surface area (TPSA) is 129 Å². The number of hydrogen-bond donors (Lipinski definition) is 1. The molecule has 11 nitrogen and oxygen atoms in total. The number of carbonyl (C=O) groups excluding carboxylic acids is 3. The number of nitrogens with zero attached hydrogens (tertiary/aromatic N) is 5. The molecule has 6 rings (SSSR count). The number of imidazole rings is 1. The number of nitrogens with one attached hydrogen (secondary N) is 1. The third-order valence-electron chi connectivity index (χ3n) is 8.27. The second-order valence-corrected chi connectivity index (χ2v) is 12.3. The van der Waals surface area contributed by atoms with E-state index in [1.165, 1.54) is 12.4 Å². The Morgan fingerprint density at radius 1 is 0.939 bits per heavy atom. The maximum atomic E-state index is 13.4. The molecule has 0 unspecified atom stereocenters. The first-order valence-corrected chi connectivity index (χ1v) is 16.8. The van der Waals surface area contributed by atoms with E-state index in [4.69, 9.17) is 37.7 Å². The quantitative estimate of drug-likeness (QED) is 0.156. The maximum Gasteiger partial charge on any atom is 0.410 e. The van der Waals surface area contributed by atoms with Crippen LogP contribution in [0.25, 0.3) is 16.9 Å². The summed E-state index contributed by atoms with van der Waals surface area (Å²) in [6.07, 6.45) is 6.59. The van der Waals surface area contributed by atoms with Gasteiger partial charge in [-0.2, -0.15) is 0 Å². The highest BCUT2D eigenvalue weighted by atomic mass is 35.5. The number of carbonyl (C=O) groups is 3. The molecule has 2 amide bonds. The predicted octanol–water partition coefficient (Wildman–Crippen LogP) is 6.89. The van der Waals surface area contributed by atoms with E-state index in [-0.39, 0.29) is 41.3 Å². The summed E-state index contributed by atoms with van der Waals surface area (Å²) in [7, 11) is 0. The molecule has 1 saturated heterocycles. The van der Waals surface area contributed by atoms with Crippen molar-refractivity contribution in [3.05, 3.63) is 118 Å². The minimum Gasteiger partial charge on any atom is -0.464 e. The number of pyridine rings is 2. The molecule has 4 heterocycles. The third kappa shape index (κ3) is 7.68. The van der Waals surface area contributed by atoms with E-state index >= 15 is 0 Å². The molecule has 3 aromatic heterocycles. The van der Waals surface area contributed by atoms with E-state index in [0.29, 0.717) is 30.0 Å². The largest absolute Gasteiger partial charge is 0.464 e. The average Bonchev–Trinajstić information content (AvgIpc) is 3.51. The van der Waals surface area contributed by atoms with E-state index in [9.17, 15) is 14.4 Å². The lowest BCUT2D eigenvalue weighted by Gasteiger charge is -2.34. The van der Waals surface area contributed by atoms with Gasteiger partial charge in [-0.05, 0) is 61.6 Å². The van der Waals surface area contributed by atoms with Crippen molar-refractivity contribution in [2.75, 3.05) is 13.2 Å². The Morgan fingerprint density at radius 2 is 1.69 bits per heavy atom. The highest BCUT2D eigenvalue weighted by Gasteiger charge is 2.34. The Bertz CT molecular complexity index is 1930. The number of benzene rings is 2. The number of halogens is 2. The first kappa shape index (κ1) is 33.9. The average molecular weight is 702 g/mol. The van der Waals surface area contributed by atoms with Crippen LogP contribution in [0, 0.1) is 0 Å². The molecule has 2 aromatic carbocycles. The summed E-state index contributed by atoms with van der Waals surface area (Å²) in [5.74, 6) is -0.530. The summed E-state index contributed by atoms with van der Waals surface area (Å²) in [6.45, 7) is 2.56. The lowest BCUT2D eigenvalue weighted by atomic mass is 10.0. The number of amides is 2. The van der Waals surface area contributed by atoms with Crippen molar-refractivity contribution >= 4 is 52.3 Å². The zero-order valence-electron chi connectivity index (χ0n) is 26.7. The van der Waals surface area contributed by atoms with Crippen molar-refractivity contribution in [2.24, 2.45) is 0 Å². The molecular weight excluding hydrogens is 667 g/mol. The van der Waals surface area contributed by atoms with Crippen LogP contribution in [-0.2, 0) is 27.3 Å². The number of aromatic nitrogens is 4. The van der Waals surface area contributed by atoms with Crippen LogP contribution in [0.2, 0.25) is 10.0 Å². The Labute approximate surface area is 293 Å². The number of esters is 1. The lowest BCUT2D eigenvalue weighted by Crippen LogP contribution is -2.43. The van der Waals surface area contributed by atoms with Gasteiger partial charge in [-0.1, -0.05) is 65.7 Å². The van der Waals surface area contributed by atoms with Crippen LogP contribution in [-0.4, -0.2) is 61.6 Å². The molecule has 2 atom stereocenters. The zero-order chi connectivity index (χ0) is 34.3. The summed E-state index contributed by atoms with van der Waals surface area (Å²) < 4.78 is 13.0. The molecule has 252 valence electrons. The molecule has 0 spiro atoms. The van der Waals surface area contributed by atoms with Crippen LogP contribution in [0.3, 0.4) is 0 Å². The molecule has 0 radical (unpaired) electrons. The van der Waals surface area contributed by atoms with Gasteiger partial charge in [-0.15, -0.1) is 0 Å². The van der Waals surface area contributed by atoms with Gasteiger partial charge in [0.05, 0.1) is 28.3 Å². The van der Waals surface area contributed by atoms with Crippen molar-refractivity contribution in [1.29, 1.82) is 0 Å². The van der Waals surface area contributed by atoms with Gasteiger partial charge in [0.2, 0.25) is 0 Å². The number of rotatable bonds is 10. The van der Waals surface area contributed by atoms with E-state index < -0.39 is 24.0 Å². The molecule has 0 saturated carbocycles. The van der Waals surface area contributed by atoms with Gasteiger partial charge in [0.15, 0.2) is 5.65 Å². The maximum absolute atomic E-state index is 13.4. The van der Waals surface area contributed by atoms with Crippen LogP contribution in [0.1, 0.15) is 59.5 Å². The Morgan fingerprint density at radius 3 is 2.43 bits per heavy atom. The van der Waals surface area contributed by atoms with Gasteiger partial charge in [-0.3, -0.25) is 19.2 Å². The van der Waals surface area contributed by atoms with Crippen molar-refractivity contribution in [3.63, 3.8) is 0 Å². The highest BCUT2D eigenvalue weighted by Crippen LogP contribution is 2.34. The fraction of sp³-hybridized carbons (Fsp3) is 0.278. The smallest absolute Gasteiger partial charge is 0.410 e. The summed E-state index contributed by atoms with van der Waals surface area (Å²) in [4.78, 5) is 54.8. The molecule has 0 aliphatic carbocycles. The minimum absolute atomic E-state index is 0.0238. The van der Waals surface area contributed by atoms with Crippen LogP contribution >= 0.6 is 23.2 Å². The van der Waals surface area contributed by atoms with Gasteiger partial charge >= 0.3 is 12.1 Å². The van der Waals surface area contributed by atoms with Crippen LogP contribution < -0.4 is 5.32 Å². The van der Waals surface area contributed by atoms with E-state index in [1.807, 2.05) is 71.3 Å². The summed E-state index contributed by atoms with van der Waals surface area (Å²) >= 11 is 12.4. The first-order valence-electron chi connectivity index (χ1n) is 16.0. The standard InChI is InChI=1S/C36H34Cl2N6O5/c1-2-48-35(46)29(42-34(45)31-26(37)20-39-21-27(31)38)19-23-13-15-25(16-14-23)44-32-28(11-8-17-40-32)41-33(44)30-12-6-7-18-43(30)36(47)49-22-24-9-4-3-5-10-24/h3-5,8-11,13-17,20-21,29-30H,2,6-7,12,18-19,22H2,1H3,(H,42,45)/t29-,30+/m0/s1. The molecule has 49 heavy (non-hydrogen) atoms. The Kier molecular flexibility index (Phi) is 10.7. The van der Waals surface area contributed by atoms with Crippen molar-refractivity contribution in [3.8, 4) is 5.69 Å². The molecule has 0 bridgehead atoms. The predicted molar refractivity (Wildman–Crippen MR) is 185 cm³/mol. The van der Waals surface area contributed by atoms with Crippen LogP contribution in [0.15, 0.2) is 85.3 Å². The van der Waals surface area contributed by atoms with Gasteiger partial charge in [-0.25, -0.2) is 19.6 Å². The molecule has 5 aromatic rings. The first-order chi connectivity index (χ1) is 23.8. The van der Waals surface area contributed by atoms with Gasteiger partial charge < -0.3 is 14.8 Å². The van der Waals surface area contributed by atoms with Gasteiger partial charge in [0.1, 0.15) is 24.0 Å². The number of likely N-dealkylation sites (tertiary alicyclic amines) is 1. The van der Waals surface area contributed by atoms with Crippen LogP contribution in [0.4, 0.5) is 4.79 Å². The monoisotopic (exact) mass is 700 g/mol. The zero-order valence-corrected chi connectivity index (χ0v) is 28.2. The van der Waals surface area contributed by atoms with E-state index in [1.54, 1.807) is 18.0 Å². The second kappa shape index (κ2) is 15.5. The van der Waals surface area contributed by atoms with Crippen molar-refractivity contribution in [2.45, 2.75) is 51.3 Å². The van der Waals surface area contributed by atoms with Gasteiger partial charge in [0, 0.05) is 37.2 Å². The number of fused-ring (bicyclic) bond motifs is 1. The second-order valence-electron chi connectivity index (χ2n) is 11.5. The summed E-state index contributed by atoms with van der Waals surface area (Å²) in [6, 6.07) is 19.5. The normalized spacial score (nSPS) is 15.1. The Hall–Kier alpha value is -5.00. The lowest BCUT2D eigenvalue weighted by molar-refractivity contribution is -0.145. The molecule has 1 fully saturated rings. The number of piperidine rings is 1. The highest BCUT2D eigenvalue weighted by molar-refractivity contribution is 6.39. The van der Waals surface area contributed by atoms with E-state index in [0.717, 1.165) is 29.7 Å². The summed E-state index contributed by atoms with van der Waals surface area (Å²) in [5.41, 5.74) is 3.82. The molecular formula is C36H34Cl2N6O5. The fourth-order valence-corrected chi connectivity index (χ4v) is 6.48. The fourth-order valence-electron chi connectivity index (χ4n) is 5.94. The summed E-state index contributed by atoms with van der Waals surface area (Å²) in [5, 5.41) is 2.85. The minimum atomic E-state index is -1.01. The third-order valence-corrected chi connectivity index (χ3v) is 8.85. The van der Waals surface area contributed by atoms with Gasteiger partial charge in [0.25, 0.3) is 5.91 Å². The molecule has 1 aliphatic rings. The van der Waals surface area contributed by atoms with Crippen molar-refractivity contribution in [1.82, 2.24) is 29.7 Å². The molecule has 1 N–H and O–H groups in total. The Balaban J connectivity index is 1.27. The number of ether oxygens (including phenoxy) is 2. The number of hydrogen-bond acceptors (Lipinski definition) is 8. The molecule has 1 aliphatic heterocycles. The SMILES string of the molecule is CCOC(=O)[C@H](Cc1ccc(-n2c([C@H]3CCCCN3C(=O)OCc3ccccc3)nc3cccnc32)cc1)NC(=O)c1c(Cl)cncc1Cl. The van der Waals surface area contributed by atoms with Crippen LogP contribution in [0.5, 0.6) is 0 Å². The molecule has 13 heteroatoms.